The second-order valence-electron chi connectivity index (χ2n) is 5.27. The largest absolute Gasteiger partial charge is 0.481 e. The Morgan fingerprint density at radius 1 is 1.38 bits per heavy atom. The number of carboxylic acid groups (broad SMARTS) is 1. The minimum Gasteiger partial charge on any atom is -0.481 e. The summed E-state index contributed by atoms with van der Waals surface area (Å²) in [6.07, 6.45) is 0. The Bertz CT molecular complexity index is 565. The third-order valence-corrected chi connectivity index (χ3v) is 4.42. The van der Waals surface area contributed by atoms with E-state index in [2.05, 4.69) is 5.32 Å². The molecular weight excluding hydrogens is 315 g/mol. The molecular formula is C14H16Cl2N2O3. The van der Waals surface area contributed by atoms with E-state index in [4.69, 9.17) is 28.3 Å². The molecule has 7 heteroatoms. The highest BCUT2D eigenvalue weighted by Crippen LogP contribution is 2.29. The molecule has 114 valence electrons. The zero-order valence-electron chi connectivity index (χ0n) is 11.5. The van der Waals surface area contributed by atoms with Gasteiger partial charge in [-0.05, 0) is 18.1 Å². The lowest BCUT2D eigenvalue weighted by Crippen LogP contribution is -2.32. The number of halogens is 2. The van der Waals surface area contributed by atoms with Gasteiger partial charge < -0.3 is 10.4 Å². The fraction of sp³-hybridized carbons (Fsp3) is 0.429. The van der Waals surface area contributed by atoms with Crippen molar-refractivity contribution in [3.63, 3.8) is 0 Å². The van der Waals surface area contributed by atoms with E-state index in [-0.39, 0.29) is 18.4 Å². The fourth-order valence-corrected chi connectivity index (χ4v) is 2.86. The number of anilines is 1. The summed E-state index contributed by atoms with van der Waals surface area (Å²) in [5, 5.41) is 12.4. The Morgan fingerprint density at radius 2 is 2.10 bits per heavy atom. The van der Waals surface area contributed by atoms with E-state index in [1.165, 1.54) is 0 Å². The molecule has 0 radical (unpaired) electrons. The average molecular weight is 331 g/mol. The quantitative estimate of drug-likeness (QED) is 0.890. The summed E-state index contributed by atoms with van der Waals surface area (Å²) in [6.45, 7) is 2.99. The number of nitrogens with one attached hydrogen (secondary N) is 1. The standard InChI is InChI=1S/C14H16Cl2N2O3/c1-8-5-18(6-9(8)14(20)21)7-12(19)17-11-4-2-3-10(15)13(11)16/h2-4,8-9H,5-7H2,1H3,(H,17,19)(H,20,21)/t8-,9-/m1/s1. The Labute approximate surface area is 132 Å². The minimum absolute atomic E-state index is 0.0325. The van der Waals surface area contributed by atoms with Crippen LogP contribution < -0.4 is 5.32 Å². The maximum absolute atomic E-state index is 12.0. The van der Waals surface area contributed by atoms with Crippen molar-refractivity contribution in [2.45, 2.75) is 6.92 Å². The lowest BCUT2D eigenvalue weighted by Gasteiger charge is -2.15. The number of carbonyl (C=O) groups excluding carboxylic acids is 1. The van der Waals surface area contributed by atoms with E-state index >= 15 is 0 Å². The topological polar surface area (TPSA) is 69.6 Å². The van der Waals surface area contributed by atoms with Crippen molar-refractivity contribution in [1.29, 1.82) is 0 Å². The van der Waals surface area contributed by atoms with Crippen LogP contribution in [0.3, 0.4) is 0 Å². The third kappa shape index (κ3) is 3.87. The predicted molar refractivity (Wildman–Crippen MR) is 81.8 cm³/mol. The summed E-state index contributed by atoms with van der Waals surface area (Å²) >= 11 is 11.9. The highest BCUT2D eigenvalue weighted by Gasteiger charge is 2.35. The van der Waals surface area contributed by atoms with Crippen molar-refractivity contribution in [3.8, 4) is 0 Å². The first-order valence-corrected chi connectivity index (χ1v) is 7.33. The zero-order valence-corrected chi connectivity index (χ0v) is 13.0. The Morgan fingerprint density at radius 3 is 2.71 bits per heavy atom. The molecule has 1 aliphatic rings. The van der Waals surface area contributed by atoms with Gasteiger partial charge in [0.15, 0.2) is 0 Å². The Hall–Kier alpha value is -1.30. The first kappa shape index (κ1) is 16.1. The van der Waals surface area contributed by atoms with Crippen LogP contribution in [0.1, 0.15) is 6.92 Å². The number of hydrogen-bond donors (Lipinski definition) is 2. The van der Waals surface area contributed by atoms with Gasteiger partial charge in [0.2, 0.25) is 5.91 Å². The first-order chi connectivity index (χ1) is 9.88. The van der Waals surface area contributed by atoms with Crippen LogP contribution in [0.5, 0.6) is 0 Å². The lowest BCUT2D eigenvalue weighted by molar-refractivity contribution is -0.142. The van der Waals surface area contributed by atoms with Crippen LogP contribution in [0.15, 0.2) is 18.2 Å². The molecule has 0 spiro atoms. The maximum Gasteiger partial charge on any atom is 0.308 e. The van der Waals surface area contributed by atoms with E-state index in [1.807, 2.05) is 11.8 Å². The SMILES string of the molecule is C[C@@H]1CN(CC(=O)Nc2cccc(Cl)c2Cl)C[C@H]1C(=O)O. The van der Waals surface area contributed by atoms with Gasteiger partial charge in [-0.15, -0.1) is 0 Å². The minimum atomic E-state index is -0.816. The molecule has 1 fully saturated rings. The number of amides is 1. The maximum atomic E-state index is 12.0. The number of carbonyl (C=O) groups is 2. The van der Waals surface area contributed by atoms with Crippen molar-refractivity contribution < 1.29 is 14.7 Å². The molecule has 1 aromatic rings. The molecule has 1 saturated heterocycles. The Balaban J connectivity index is 1.94. The molecule has 0 aliphatic carbocycles. The average Bonchev–Trinajstić information content (AvgIpc) is 2.76. The van der Waals surface area contributed by atoms with Crippen LogP contribution in [0.4, 0.5) is 5.69 Å². The molecule has 1 aliphatic heterocycles. The van der Waals surface area contributed by atoms with E-state index < -0.39 is 11.9 Å². The van der Waals surface area contributed by atoms with Gasteiger partial charge in [0.1, 0.15) is 0 Å². The summed E-state index contributed by atoms with van der Waals surface area (Å²) in [6, 6.07) is 5.00. The van der Waals surface area contributed by atoms with Crippen LogP contribution in [-0.4, -0.2) is 41.5 Å². The van der Waals surface area contributed by atoms with E-state index in [0.717, 1.165) is 0 Å². The second kappa shape index (κ2) is 6.64. The van der Waals surface area contributed by atoms with Gasteiger partial charge in [-0.1, -0.05) is 36.2 Å². The van der Waals surface area contributed by atoms with Gasteiger partial charge in [0.05, 0.1) is 28.2 Å². The normalized spacial score (nSPS) is 22.2. The monoisotopic (exact) mass is 330 g/mol. The zero-order chi connectivity index (χ0) is 15.6. The van der Waals surface area contributed by atoms with E-state index in [0.29, 0.717) is 28.8 Å². The van der Waals surface area contributed by atoms with Crippen LogP contribution >= 0.6 is 23.2 Å². The third-order valence-electron chi connectivity index (χ3n) is 3.60. The smallest absolute Gasteiger partial charge is 0.308 e. The molecule has 0 bridgehead atoms. The molecule has 5 nitrogen and oxygen atoms in total. The van der Waals surface area contributed by atoms with Crippen molar-refractivity contribution in [1.82, 2.24) is 4.90 Å². The number of carboxylic acids is 1. The van der Waals surface area contributed by atoms with Gasteiger partial charge in [0, 0.05) is 13.1 Å². The van der Waals surface area contributed by atoms with Gasteiger partial charge >= 0.3 is 5.97 Å². The summed E-state index contributed by atoms with van der Waals surface area (Å²) in [4.78, 5) is 24.9. The summed E-state index contributed by atoms with van der Waals surface area (Å²) < 4.78 is 0. The van der Waals surface area contributed by atoms with Gasteiger partial charge in [0.25, 0.3) is 0 Å². The molecule has 2 atom stereocenters. The molecule has 1 heterocycles. The molecule has 0 aromatic heterocycles. The lowest BCUT2D eigenvalue weighted by atomic mass is 9.99. The van der Waals surface area contributed by atoms with Crippen LogP contribution in [0.2, 0.25) is 10.0 Å². The Kier molecular flexibility index (Phi) is 5.08. The summed E-state index contributed by atoms with van der Waals surface area (Å²) in [5.74, 6) is -1.45. The number of aliphatic carboxylic acids is 1. The number of hydrogen-bond acceptors (Lipinski definition) is 3. The van der Waals surface area contributed by atoms with Crippen LogP contribution in [0, 0.1) is 11.8 Å². The highest BCUT2D eigenvalue weighted by atomic mass is 35.5. The second-order valence-corrected chi connectivity index (χ2v) is 6.05. The fourth-order valence-electron chi connectivity index (χ4n) is 2.51. The summed E-state index contributed by atoms with van der Waals surface area (Å²) in [5.41, 5.74) is 0.455. The first-order valence-electron chi connectivity index (χ1n) is 6.57. The van der Waals surface area contributed by atoms with Crippen molar-refractivity contribution >= 4 is 40.8 Å². The van der Waals surface area contributed by atoms with Gasteiger partial charge in [-0.3, -0.25) is 14.5 Å². The highest BCUT2D eigenvalue weighted by molar-refractivity contribution is 6.43. The number of rotatable bonds is 4. The molecule has 2 rings (SSSR count). The van der Waals surface area contributed by atoms with Crippen molar-refractivity contribution in [2.24, 2.45) is 11.8 Å². The van der Waals surface area contributed by atoms with Crippen molar-refractivity contribution in [2.75, 3.05) is 25.0 Å². The van der Waals surface area contributed by atoms with Crippen molar-refractivity contribution in [3.05, 3.63) is 28.2 Å². The van der Waals surface area contributed by atoms with Gasteiger partial charge in [-0.25, -0.2) is 0 Å². The molecule has 0 unspecified atom stereocenters. The molecule has 1 amide bonds. The van der Waals surface area contributed by atoms with E-state index in [9.17, 15) is 9.59 Å². The molecule has 2 N–H and O–H groups in total. The number of nitrogens with zero attached hydrogens (tertiary/aromatic N) is 1. The number of likely N-dealkylation sites (tertiary alicyclic amines) is 1. The molecule has 21 heavy (non-hydrogen) atoms. The van der Waals surface area contributed by atoms with Crippen LogP contribution in [0.25, 0.3) is 0 Å². The predicted octanol–water partition coefficient (Wildman–Crippen LogP) is 2.58. The number of benzene rings is 1. The molecule has 1 aromatic carbocycles. The van der Waals surface area contributed by atoms with Crippen LogP contribution in [-0.2, 0) is 9.59 Å². The van der Waals surface area contributed by atoms with E-state index in [1.54, 1.807) is 18.2 Å². The van der Waals surface area contributed by atoms with Gasteiger partial charge in [-0.2, -0.15) is 0 Å². The molecule has 0 saturated carbocycles. The summed E-state index contributed by atoms with van der Waals surface area (Å²) in [7, 11) is 0.